The van der Waals surface area contributed by atoms with Gasteiger partial charge in [-0.15, -0.1) is 0 Å². The number of ether oxygens (including phenoxy) is 1. The number of carboxylic acid groups (broad SMARTS) is 2. The van der Waals surface area contributed by atoms with E-state index in [0.29, 0.717) is 16.9 Å². The van der Waals surface area contributed by atoms with E-state index in [-0.39, 0.29) is 21.9 Å². The van der Waals surface area contributed by atoms with Crippen molar-refractivity contribution in [2.75, 3.05) is 7.11 Å². The number of hydrogen-bond donors (Lipinski definition) is 2. The van der Waals surface area contributed by atoms with E-state index in [4.69, 9.17) is 13.6 Å². The summed E-state index contributed by atoms with van der Waals surface area (Å²) in [7, 11) is 1.48. The standard InChI is InChI=1S/C21H12O9/c1-28-11-4-2-3-9(5-11)12-6-10-7-14(18(22)23)20(26)29-16(10)13-8-15(19(24)25)21(27)30-17(12)13/h2-8H,1H3,(H,22,23)(H,24,25). The fourth-order valence-electron chi connectivity index (χ4n) is 3.17. The molecule has 9 heteroatoms. The fraction of sp³-hybridized carbons (Fsp3) is 0.0476. The molecule has 0 saturated heterocycles. The zero-order chi connectivity index (χ0) is 21.6. The van der Waals surface area contributed by atoms with E-state index in [1.54, 1.807) is 24.3 Å². The molecule has 2 heterocycles. The van der Waals surface area contributed by atoms with Gasteiger partial charge in [0.05, 0.1) is 12.5 Å². The van der Waals surface area contributed by atoms with Gasteiger partial charge in [0.1, 0.15) is 28.0 Å². The van der Waals surface area contributed by atoms with E-state index < -0.39 is 34.3 Å². The molecule has 2 aromatic heterocycles. The summed E-state index contributed by atoms with van der Waals surface area (Å²) in [6.45, 7) is 0. The first-order valence-electron chi connectivity index (χ1n) is 8.50. The first-order valence-corrected chi connectivity index (χ1v) is 8.50. The van der Waals surface area contributed by atoms with Crippen molar-refractivity contribution in [2.45, 2.75) is 0 Å². The van der Waals surface area contributed by atoms with Crippen LogP contribution >= 0.6 is 0 Å². The normalized spacial score (nSPS) is 11.0. The van der Waals surface area contributed by atoms with Crippen LogP contribution in [-0.4, -0.2) is 29.3 Å². The third-order valence-electron chi connectivity index (χ3n) is 4.56. The van der Waals surface area contributed by atoms with Gasteiger partial charge in [0.2, 0.25) is 0 Å². The molecule has 150 valence electrons. The predicted molar refractivity (Wildman–Crippen MR) is 104 cm³/mol. The number of carbonyl (C=O) groups is 2. The molecule has 0 spiro atoms. The van der Waals surface area contributed by atoms with Crippen LogP contribution in [0, 0.1) is 0 Å². The van der Waals surface area contributed by atoms with Crippen LogP contribution in [0.15, 0.2) is 60.9 Å². The van der Waals surface area contributed by atoms with Gasteiger partial charge in [0.25, 0.3) is 0 Å². The quantitative estimate of drug-likeness (QED) is 0.384. The summed E-state index contributed by atoms with van der Waals surface area (Å²) in [5.74, 6) is -2.48. The van der Waals surface area contributed by atoms with Gasteiger partial charge < -0.3 is 23.8 Å². The highest BCUT2D eigenvalue weighted by molar-refractivity contribution is 6.11. The van der Waals surface area contributed by atoms with Crippen LogP contribution in [0.4, 0.5) is 0 Å². The van der Waals surface area contributed by atoms with Gasteiger partial charge in [-0.1, -0.05) is 12.1 Å². The highest BCUT2D eigenvalue weighted by Crippen LogP contribution is 2.35. The van der Waals surface area contributed by atoms with Crippen LogP contribution in [0.3, 0.4) is 0 Å². The van der Waals surface area contributed by atoms with E-state index in [0.717, 1.165) is 12.1 Å². The molecule has 2 aromatic carbocycles. The lowest BCUT2D eigenvalue weighted by atomic mass is 9.98. The van der Waals surface area contributed by atoms with Gasteiger partial charge in [-0.3, -0.25) is 0 Å². The van der Waals surface area contributed by atoms with E-state index in [1.165, 1.54) is 13.2 Å². The van der Waals surface area contributed by atoms with Gasteiger partial charge in [-0.25, -0.2) is 19.2 Å². The molecule has 0 amide bonds. The second kappa shape index (κ2) is 6.89. The lowest BCUT2D eigenvalue weighted by Gasteiger charge is -2.10. The Balaban J connectivity index is 2.21. The van der Waals surface area contributed by atoms with Crippen LogP contribution in [0.25, 0.3) is 33.1 Å². The summed E-state index contributed by atoms with van der Waals surface area (Å²) < 4.78 is 15.7. The third kappa shape index (κ3) is 2.98. The van der Waals surface area contributed by atoms with E-state index in [1.807, 2.05) is 0 Å². The number of aromatic carboxylic acids is 2. The molecule has 0 aliphatic heterocycles. The fourth-order valence-corrected chi connectivity index (χ4v) is 3.17. The summed E-state index contributed by atoms with van der Waals surface area (Å²) in [6.07, 6.45) is 0. The van der Waals surface area contributed by atoms with E-state index in [2.05, 4.69) is 0 Å². The Labute approximate surface area is 166 Å². The molecular formula is C21H12O9. The SMILES string of the molecule is COc1cccc(-c2cc3cc(C(=O)O)c(=O)oc3c3cc(C(=O)O)c(=O)oc23)c1. The van der Waals surface area contributed by atoms with Crippen molar-refractivity contribution >= 4 is 33.9 Å². The maximum Gasteiger partial charge on any atom is 0.351 e. The van der Waals surface area contributed by atoms with Gasteiger partial charge in [-0.2, -0.15) is 0 Å². The molecule has 0 unspecified atom stereocenters. The second-order valence-electron chi connectivity index (χ2n) is 6.32. The molecule has 0 fully saturated rings. The molecule has 0 bridgehead atoms. The van der Waals surface area contributed by atoms with E-state index >= 15 is 0 Å². The molecule has 30 heavy (non-hydrogen) atoms. The molecule has 9 nitrogen and oxygen atoms in total. The highest BCUT2D eigenvalue weighted by atomic mass is 16.5. The van der Waals surface area contributed by atoms with Crippen LogP contribution in [0.2, 0.25) is 0 Å². The molecule has 2 N–H and O–H groups in total. The van der Waals surface area contributed by atoms with Crippen molar-refractivity contribution in [1.29, 1.82) is 0 Å². The second-order valence-corrected chi connectivity index (χ2v) is 6.32. The van der Waals surface area contributed by atoms with Gasteiger partial charge in [-0.05, 0) is 35.9 Å². The van der Waals surface area contributed by atoms with Crippen LogP contribution in [-0.2, 0) is 0 Å². The molecule has 4 rings (SSSR count). The van der Waals surface area contributed by atoms with Crippen molar-refractivity contribution in [3.8, 4) is 16.9 Å². The summed E-state index contributed by atoms with van der Waals surface area (Å²) in [4.78, 5) is 47.0. The molecule has 0 aliphatic carbocycles. The largest absolute Gasteiger partial charge is 0.497 e. The maximum atomic E-state index is 12.2. The minimum atomic E-state index is -1.52. The summed E-state index contributed by atoms with van der Waals surface area (Å²) in [6, 6.07) is 10.4. The van der Waals surface area contributed by atoms with Gasteiger partial charge >= 0.3 is 23.2 Å². The van der Waals surface area contributed by atoms with Crippen molar-refractivity contribution in [2.24, 2.45) is 0 Å². The summed E-state index contributed by atoms with van der Waals surface area (Å²) in [5.41, 5.74) is -2.65. The number of fused-ring (bicyclic) bond motifs is 3. The lowest BCUT2D eigenvalue weighted by Crippen LogP contribution is -2.14. The van der Waals surface area contributed by atoms with Crippen molar-refractivity contribution in [3.63, 3.8) is 0 Å². The Morgan fingerprint density at radius 3 is 2.13 bits per heavy atom. The van der Waals surface area contributed by atoms with Crippen LogP contribution < -0.4 is 16.0 Å². The molecule has 0 saturated carbocycles. The predicted octanol–water partition coefficient (Wildman–Crippen LogP) is 2.97. The number of hydrogen-bond acceptors (Lipinski definition) is 7. The summed E-state index contributed by atoms with van der Waals surface area (Å²) >= 11 is 0. The van der Waals surface area contributed by atoms with Crippen molar-refractivity contribution < 1.29 is 33.4 Å². The van der Waals surface area contributed by atoms with Crippen LogP contribution in [0.5, 0.6) is 5.75 Å². The average molecular weight is 408 g/mol. The Morgan fingerprint density at radius 2 is 1.50 bits per heavy atom. The zero-order valence-corrected chi connectivity index (χ0v) is 15.3. The lowest BCUT2D eigenvalue weighted by molar-refractivity contribution is 0.0681. The number of carboxylic acids is 2. The minimum Gasteiger partial charge on any atom is -0.497 e. The van der Waals surface area contributed by atoms with E-state index in [9.17, 15) is 29.4 Å². The number of rotatable bonds is 4. The Bertz CT molecular complexity index is 1470. The molecule has 0 aliphatic rings. The minimum absolute atomic E-state index is 0.0167. The summed E-state index contributed by atoms with van der Waals surface area (Å²) in [5, 5.41) is 18.8. The number of benzene rings is 2. The Hall–Kier alpha value is -4.40. The monoisotopic (exact) mass is 408 g/mol. The topological polar surface area (TPSA) is 144 Å². The Morgan fingerprint density at radius 1 is 0.867 bits per heavy atom. The molecule has 0 radical (unpaired) electrons. The molecular weight excluding hydrogens is 396 g/mol. The highest BCUT2D eigenvalue weighted by Gasteiger charge is 2.21. The molecule has 0 atom stereocenters. The van der Waals surface area contributed by atoms with Gasteiger partial charge in [0, 0.05) is 10.9 Å². The zero-order valence-electron chi connectivity index (χ0n) is 15.3. The first kappa shape index (κ1) is 18.9. The van der Waals surface area contributed by atoms with Gasteiger partial charge in [0.15, 0.2) is 0 Å². The van der Waals surface area contributed by atoms with Crippen molar-refractivity contribution in [1.82, 2.24) is 0 Å². The smallest absolute Gasteiger partial charge is 0.351 e. The molecule has 4 aromatic rings. The first-order chi connectivity index (χ1) is 14.3. The van der Waals surface area contributed by atoms with Crippen LogP contribution in [0.1, 0.15) is 20.7 Å². The average Bonchev–Trinajstić information content (AvgIpc) is 2.72. The number of methoxy groups -OCH3 is 1. The maximum absolute atomic E-state index is 12.2. The Kier molecular flexibility index (Phi) is 4.35. The van der Waals surface area contributed by atoms with Crippen molar-refractivity contribution in [3.05, 3.63) is 74.4 Å². The third-order valence-corrected chi connectivity index (χ3v) is 4.56.